The zero-order valence-electron chi connectivity index (χ0n) is 9.77. The lowest BCUT2D eigenvalue weighted by atomic mass is 9.82. The van der Waals surface area contributed by atoms with E-state index in [4.69, 9.17) is 11.6 Å². The van der Waals surface area contributed by atoms with E-state index in [0.29, 0.717) is 11.6 Å². The minimum Gasteiger partial charge on any atom is -0.294 e. The summed E-state index contributed by atoms with van der Waals surface area (Å²) in [4.78, 5) is 16.4. The second-order valence-corrected chi connectivity index (χ2v) is 4.95. The zero-order chi connectivity index (χ0) is 12.5. The standard InChI is InChI=1S/C15H12ClNO/c16-15-7-6-12-13(17-15)8-11(9-14(12)18)10-4-2-1-3-5-10/h1-7,11H,8-9H2. The molecule has 1 unspecified atom stereocenters. The average molecular weight is 258 g/mol. The normalized spacial score (nSPS) is 18.5. The molecule has 3 heteroatoms. The van der Waals surface area contributed by atoms with E-state index in [1.165, 1.54) is 5.56 Å². The number of hydrogen-bond acceptors (Lipinski definition) is 2. The van der Waals surface area contributed by atoms with Crippen molar-refractivity contribution in [3.63, 3.8) is 0 Å². The molecule has 90 valence electrons. The number of pyridine rings is 1. The van der Waals surface area contributed by atoms with Crippen LogP contribution in [0.4, 0.5) is 0 Å². The topological polar surface area (TPSA) is 30.0 Å². The lowest BCUT2D eigenvalue weighted by Gasteiger charge is -2.23. The summed E-state index contributed by atoms with van der Waals surface area (Å²) in [5, 5.41) is 0.454. The molecule has 18 heavy (non-hydrogen) atoms. The van der Waals surface area contributed by atoms with Gasteiger partial charge in [0.2, 0.25) is 0 Å². The molecule has 0 bridgehead atoms. The van der Waals surface area contributed by atoms with Gasteiger partial charge in [-0.1, -0.05) is 41.9 Å². The third-order valence-electron chi connectivity index (χ3n) is 3.38. The number of ketones is 1. The van der Waals surface area contributed by atoms with E-state index < -0.39 is 0 Å². The first kappa shape index (κ1) is 11.4. The number of carbonyl (C=O) groups excluding carboxylic acids is 1. The molecule has 0 N–H and O–H groups in total. The van der Waals surface area contributed by atoms with Crippen LogP contribution in [0.2, 0.25) is 5.15 Å². The summed E-state index contributed by atoms with van der Waals surface area (Å²) in [5.41, 5.74) is 2.75. The fourth-order valence-electron chi connectivity index (χ4n) is 2.48. The van der Waals surface area contributed by atoms with E-state index in [9.17, 15) is 4.79 Å². The highest BCUT2D eigenvalue weighted by molar-refractivity contribution is 6.29. The van der Waals surface area contributed by atoms with Gasteiger partial charge in [0.25, 0.3) is 0 Å². The lowest BCUT2D eigenvalue weighted by Crippen LogP contribution is -2.20. The maximum absolute atomic E-state index is 12.1. The van der Waals surface area contributed by atoms with Gasteiger partial charge >= 0.3 is 0 Å². The number of nitrogens with zero attached hydrogens (tertiary/aromatic N) is 1. The smallest absolute Gasteiger partial charge is 0.165 e. The molecular weight excluding hydrogens is 246 g/mol. The number of fused-ring (bicyclic) bond motifs is 1. The Balaban J connectivity index is 1.98. The van der Waals surface area contributed by atoms with Crippen LogP contribution in [0, 0.1) is 0 Å². The molecule has 1 aliphatic carbocycles. The molecule has 1 atom stereocenters. The monoisotopic (exact) mass is 257 g/mol. The third-order valence-corrected chi connectivity index (χ3v) is 3.59. The molecule has 0 saturated heterocycles. The summed E-state index contributed by atoms with van der Waals surface area (Å²) in [5.74, 6) is 0.381. The van der Waals surface area contributed by atoms with Crippen LogP contribution in [0.3, 0.4) is 0 Å². The minimum absolute atomic E-state index is 0.161. The highest BCUT2D eigenvalue weighted by Crippen LogP contribution is 2.32. The summed E-state index contributed by atoms with van der Waals surface area (Å²) in [6.07, 6.45) is 1.34. The maximum Gasteiger partial charge on any atom is 0.165 e. The number of hydrogen-bond donors (Lipinski definition) is 0. The van der Waals surface area contributed by atoms with E-state index >= 15 is 0 Å². The first-order valence-electron chi connectivity index (χ1n) is 5.97. The third kappa shape index (κ3) is 2.04. The SMILES string of the molecule is O=C1CC(c2ccccc2)Cc2nc(Cl)ccc21. The predicted octanol–water partition coefficient (Wildman–Crippen LogP) is 3.65. The van der Waals surface area contributed by atoms with Crippen molar-refractivity contribution in [3.05, 3.63) is 64.4 Å². The van der Waals surface area contributed by atoms with Crippen LogP contribution < -0.4 is 0 Å². The van der Waals surface area contributed by atoms with Crippen molar-refractivity contribution in [1.29, 1.82) is 0 Å². The number of rotatable bonds is 1. The van der Waals surface area contributed by atoms with Gasteiger partial charge < -0.3 is 0 Å². The van der Waals surface area contributed by atoms with Gasteiger partial charge in [0, 0.05) is 12.0 Å². The van der Waals surface area contributed by atoms with E-state index in [1.54, 1.807) is 12.1 Å². The van der Waals surface area contributed by atoms with Crippen LogP contribution in [0.25, 0.3) is 0 Å². The fraction of sp³-hybridized carbons (Fsp3) is 0.200. The van der Waals surface area contributed by atoms with Gasteiger partial charge in [-0.25, -0.2) is 4.98 Å². The molecule has 0 spiro atoms. The van der Waals surface area contributed by atoms with Gasteiger partial charge in [-0.3, -0.25) is 4.79 Å². The Labute approximate surface area is 111 Å². The molecule has 1 aromatic heterocycles. The summed E-state index contributed by atoms with van der Waals surface area (Å²) in [6.45, 7) is 0. The molecule has 3 rings (SSSR count). The molecule has 1 heterocycles. The Kier molecular flexibility index (Phi) is 2.88. The van der Waals surface area contributed by atoms with Gasteiger partial charge in [0.05, 0.1) is 5.69 Å². The van der Waals surface area contributed by atoms with E-state index in [1.807, 2.05) is 18.2 Å². The van der Waals surface area contributed by atoms with Crippen molar-refractivity contribution in [2.45, 2.75) is 18.8 Å². The van der Waals surface area contributed by atoms with Crippen molar-refractivity contribution in [2.24, 2.45) is 0 Å². The Morgan fingerprint density at radius 2 is 1.83 bits per heavy atom. The number of halogens is 1. The van der Waals surface area contributed by atoms with Gasteiger partial charge in [-0.05, 0) is 30.0 Å². The Morgan fingerprint density at radius 1 is 1.06 bits per heavy atom. The molecule has 0 saturated carbocycles. The Hall–Kier alpha value is -1.67. The second-order valence-electron chi connectivity index (χ2n) is 4.57. The molecule has 2 aromatic rings. The zero-order valence-corrected chi connectivity index (χ0v) is 10.5. The molecule has 0 aliphatic heterocycles. The predicted molar refractivity (Wildman–Crippen MR) is 71.1 cm³/mol. The van der Waals surface area contributed by atoms with Crippen LogP contribution in [-0.4, -0.2) is 10.8 Å². The minimum atomic E-state index is 0.161. The number of carbonyl (C=O) groups is 1. The van der Waals surface area contributed by atoms with Gasteiger partial charge in [-0.15, -0.1) is 0 Å². The highest BCUT2D eigenvalue weighted by atomic mass is 35.5. The largest absolute Gasteiger partial charge is 0.294 e. The van der Waals surface area contributed by atoms with Crippen molar-refractivity contribution in [1.82, 2.24) is 4.98 Å². The van der Waals surface area contributed by atoms with Gasteiger partial charge in [0.1, 0.15) is 5.15 Å². The summed E-state index contributed by atoms with van der Waals surface area (Å²) in [6, 6.07) is 13.6. The van der Waals surface area contributed by atoms with Gasteiger partial charge in [0.15, 0.2) is 5.78 Å². The number of aromatic nitrogens is 1. The molecule has 0 radical (unpaired) electrons. The molecular formula is C15H12ClNO. The van der Waals surface area contributed by atoms with Crippen LogP contribution in [0.5, 0.6) is 0 Å². The summed E-state index contributed by atoms with van der Waals surface area (Å²) in [7, 11) is 0. The van der Waals surface area contributed by atoms with Crippen LogP contribution in [0.15, 0.2) is 42.5 Å². The Bertz CT molecular complexity index is 595. The van der Waals surface area contributed by atoms with E-state index in [2.05, 4.69) is 17.1 Å². The van der Waals surface area contributed by atoms with Gasteiger partial charge in [-0.2, -0.15) is 0 Å². The molecule has 2 nitrogen and oxygen atoms in total. The van der Waals surface area contributed by atoms with Crippen molar-refractivity contribution >= 4 is 17.4 Å². The van der Waals surface area contributed by atoms with Crippen LogP contribution in [0.1, 0.15) is 34.0 Å². The number of Topliss-reactive ketones (excluding diaryl/α,β-unsaturated/α-hetero) is 1. The number of benzene rings is 1. The fourth-order valence-corrected chi connectivity index (χ4v) is 2.65. The van der Waals surface area contributed by atoms with E-state index in [0.717, 1.165) is 17.7 Å². The summed E-state index contributed by atoms with van der Waals surface area (Å²) < 4.78 is 0. The van der Waals surface area contributed by atoms with Crippen LogP contribution >= 0.6 is 11.6 Å². The summed E-state index contributed by atoms with van der Waals surface area (Å²) >= 11 is 5.90. The average Bonchev–Trinajstić information content (AvgIpc) is 2.39. The Morgan fingerprint density at radius 3 is 2.61 bits per heavy atom. The van der Waals surface area contributed by atoms with Crippen molar-refractivity contribution in [3.8, 4) is 0 Å². The van der Waals surface area contributed by atoms with Crippen molar-refractivity contribution < 1.29 is 4.79 Å². The molecule has 0 amide bonds. The molecule has 1 aliphatic rings. The quantitative estimate of drug-likeness (QED) is 0.730. The second kappa shape index (κ2) is 4.54. The highest BCUT2D eigenvalue weighted by Gasteiger charge is 2.27. The lowest BCUT2D eigenvalue weighted by molar-refractivity contribution is 0.0963. The van der Waals surface area contributed by atoms with E-state index in [-0.39, 0.29) is 11.7 Å². The van der Waals surface area contributed by atoms with Crippen molar-refractivity contribution in [2.75, 3.05) is 0 Å². The van der Waals surface area contributed by atoms with Crippen LogP contribution in [-0.2, 0) is 6.42 Å². The first-order valence-corrected chi connectivity index (χ1v) is 6.35. The maximum atomic E-state index is 12.1. The first-order chi connectivity index (χ1) is 8.74. The molecule has 1 aromatic carbocycles. The molecule has 0 fully saturated rings.